The summed E-state index contributed by atoms with van der Waals surface area (Å²) in [5.74, 6) is -5.59. The molecule has 0 saturated heterocycles. The predicted octanol–water partition coefficient (Wildman–Crippen LogP) is 0.469. The number of phenolic OH excluding ortho intramolecular Hbond substituents is 4. The van der Waals surface area contributed by atoms with Gasteiger partial charge in [0.05, 0.1) is 16.7 Å². The van der Waals surface area contributed by atoms with Gasteiger partial charge in [-0.1, -0.05) is 0 Å². The summed E-state index contributed by atoms with van der Waals surface area (Å²) in [4.78, 5) is 45.6. The highest BCUT2D eigenvalue weighted by molar-refractivity contribution is 6.31. The van der Waals surface area contributed by atoms with Crippen molar-refractivity contribution in [2.45, 2.75) is 6.92 Å². The third-order valence-corrected chi connectivity index (χ3v) is 4.16. The number of hydrogen-bond donors (Lipinski definition) is 6. The van der Waals surface area contributed by atoms with Crippen LogP contribution in [0.1, 0.15) is 47.8 Å². The van der Waals surface area contributed by atoms with Crippen LogP contribution in [0.5, 0.6) is 23.0 Å². The summed E-state index contributed by atoms with van der Waals surface area (Å²) in [5.41, 5.74) is -1.97. The third-order valence-electron chi connectivity index (χ3n) is 4.16. The van der Waals surface area contributed by atoms with Crippen LogP contribution in [0.4, 0.5) is 0 Å². The zero-order valence-corrected chi connectivity index (χ0v) is 14.3. The van der Waals surface area contributed by atoms with Crippen LogP contribution in [0.3, 0.4) is 0 Å². The maximum Gasteiger partial charge on any atom is 0.290 e. The van der Waals surface area contributed by atoms with E-state index in [1.54, 1.807) is 0 Å². The van der Waals surface area contributed by atoms with E-state index < -0.39 is 58.1 Å². The highest BCUT2D eigenvalue weighted by Crippen LogP contribution is 2.44. The van der Waals surface area contributed by atoms with Crippen LogP contribution >= 0.6 is 0 Å². The summed E-state index contributed by atoms with van der Waals surface area (Å²) < 4.78 is 0. The molecule has 0 radical (unpaired) electrons. The number of Topliss-reactive ketones (excluding diaryl/α,β-unsaturated/α-hetero) is 1. The van der Waals surface area contributed by atoms with Gasteiger partial charge >= 0.3 is 0 Å². The molecule has 6 N–H and O–H groups in total. The SMILES string of the molecule is Cc1c(C(=O)CO)c(O)cc2c1C(=O)c1c(O)cc(O)c(O)c1C2=O.O=CO. The Morgan fingerprint density at radius 1 is 0.929 bits per heavy atom. The van der Waals surface area contributed by atoms with Crippen molar-refractivity contribution in [2.75, 3.05) is 6.61 Å². The Balaban J connectivity index is 0.000000878. The van der Waals surface area contributed by atoms with Crippen LogP contribution < -0.4 is 0 Å². The standard InChI is InChI=1S/C17H12O8.CH2O2/c1-5-11-6(2-7(19)12(5)10(22)4-18)15(23)14-13(17(11)25)8(20)3-9(21)16(14)24;2-1-3/h2-3,18-21,24H,4H2,1H3;1H,(H,2,3). The van der Waals surface area contributed by atoms with Crippen molar-refractivity contribution in [1.29, 1.82) is 0 Å². The molecule has 0 unspecified atom stereocenters. The van der Waals surface area contributed by atoms with Gasteiger partial charge in [-0.2, -0.15) is 0 Å². The lowest BCUT2D eigenvalue weighted by Gasteiger charge is -2.23. The molecule has 0 aliphatic heterocycles. The zero-order chi connectivity index (χ0) is 21.3. The predicted molar refractivity (Wildman–Crippen MR) is 91.3 cm³/mol. The molecule has 0 atom stereocenters. The molecule has 0 fully saturated rings. The van der Waals surface area contributed by atoms with E-state index in [1.165, 1.54) is 6.92 Å². The number of fused-ring (bicyclic) bond motifs is 2. The fourth-order valence-corrected chi connectivity index (χ4v) is 3.06. The zero-order valence-electron chi connectivity index (χ0n) is 14.3. The summed E-state index contributed by atoms with van der Waals surface area (Å²) in [6, 6.07) is 1.61. The molecule has 1 aliphatic carbocycles. The van der Waals surface area contributed by atoms with Crippen LogP contribution in [0.2, 0.25) is 0 Å². The Bertz CT molecular complexity index is 1040. The Morgan fingerprint density at radius 2 is 1.50 bits per heavy atom. The fourth-order valence-electron chi connectivity index (χ4n) is 3.06. The lowest BCUT2D eigenvalue weighted by atomic mass is 9.79. The van der Waals surface area contributed by atoms with Crippen molar-refractivity contribution in [3.8, 4) is 23.0 Å². The number of aliphatic hydroxyl groups excluding tert-OH is 1. The van der Waals surface area contributed by atoms with E-state index in [1.807, 2.05) is 0 Å². The van der Waals surface area contributed by atoms with Crippen LogP contribution in [-0.2, 0) is 4.79 Å². The summed E-state index contributed by atoms with van der Waals surface area (Å²) in [5, 5.41) is 55.4. The van der Waals surface area contributed by atoms with E-state index in [0.29, 0.717) is 0 Å². The van der Waals surface area contributed by atoms with E-state index in [9.17, 15) is 34.8 Å². The number of ketones is 3. The molecular formula is C18H14O10. The van der Waals surface area contributed by atoms with Crippen LogP contribution in [-0.4, -0.2) is 61.1 Å². The maximum absolute atomic E-state index is 12.8. The molecule has 2 aromatic rings. The smallest absolute Gasteiger partial charge is 0.290 e. The van der Waals surface area contributed by atoms with Gasteiger partial charge in [0.15, 0.2) is 28.8 Å². The minimum Gasteiger partial charge on any atom is -0.507 e. The highest BCUT2D eigenvalue weighted by atomic mass is 16.3. The van der Waals surface area contributed by atoms with Crippen molar-refractivity contribution < 1.29 is 49.8 Å². The molecule has 0 heterocycles. The molecule has 10 nitrogen and oxygen atoms in total. The van der Waals surface area contributed by atoms with Gasteiger partial charge < -0.3 is 30.6 Å². The second kappa shape index (κ2) is 7.37. The number of carbonyl (C=O) groups is 4. The summed E-state index contributed by atoms with van der Waals surface area (Å²) in [7, 11) is 0. The lowest BCUT2D eigenvalue weighted by Crippen LogP contribution is -2.24. The van der Waals surface area contributed by atoms with Gasteiger partial charge in [-0.15, -0.1) is 0 Å². The molecule has 28 heavy (non-hydrogen) atoms. The minimum absolute atomic E-state index is 0.0370. The van der Waals surface area contributed by atoms with Gasteiger partial charge in [-0.05, 0) is 18.6 Å². The second-order valence-corrected chi connectivity index (χ2v) is 5.68. The molecule has 146 valence electrons. The number of carboxylic acid groups (broad SMARTS) is 1. The molecule has 0 bridgehead atoms. The molecule has 2 aromatic carbocycles. The van der Waals surface area contributed by atoms with Crippen molar-refractivity contribution in [2.24, 2.45) is 0 Å². The fraction of sp³-hybridized carbons (Fsp3) is 0.111. The topological polar surface area (TPSA) is 190 Å². The minimum atomic E-state index is -0.911. The average Bonchev–Trinajstić information content (AvgIpc) is 2.62. The van der Waals surface area contributed by atoms with Gasteiger partial charge in [0.2, 0.25) is 0 Å². The van der Waals surface area contributed by atoms with Gasteiger partial charge in [0.25, 0.3) is 6.47 Å². The second-order valence-electron chi connectivity index (χ2n) is 5.68. The first-order chi connectivity index (χ1) is 13.1. The van der Waals surface area contributed by atoms with Crippen molar-refractivity contribution >= 4 is 23.8 Å². The van der Waals surface area contributed by atoms with Crippen LogP contribution in [0.15, 0.2) is 12.1 Å². The number of carbonyl (C=O) groups excluding carboxylic acids is 3. The number of phenols is 4. The van der Waals surface area contributed by atoms with Crippen molar-refractivity contribution in [3.05, 3.63) is 45.5 Å². The summed E-state index contributed by atoms with van der Waals surface area (Å²) in [6.45, 7) is 0.154. The summed E-state index contributed by atoms with van der Waals surface area (Å²) >= 11 is 0. The molecule has 0 spiro atoms. The van der Waals surface area contributed by atoms with Gasteiger partial charge in [0.1, 0.15) is 18.1 Å². The van der Waals surface area contributed by atoms with Crippen LogP contribution in [0, 0.1) is 6.92 Å². The number of benzene rings is 2. The summed E-state index contributed by atoms with van der Waals surface area (Å²) in [6.07, 6.45) is 0. The van der Waals surface area contributed by atoms with Crippen molar-refractivity contribution in [1.82, 2.24) is 0 Å². The first-order valence-electron chi connectivity index (χ1n) is 7.58. The number of aromatic hydroxyl groups is 4. The monoisotopic (exact) mass is 390 g/mol. The molecule has 10 heteroatoms. The maximum atomic E-state index is 12.8. The first kappa shape index (κ1) is 20.4. The number of rotatable bonds is 2. The molecular weight excluding hydrogens is 376 g/mol. The molecule has 0 amide bonds. The Kier molecular flexibility index (Phi) is 5.37. The van der Waals surface area contributed by atoms with Gasteiger partial charge in [-0.3, -0.25) is 19.2 Å². The van der Waals surface area contributed by atoms with E-state index in [0.717, 1.165) is 12.1 Å². The van der Waals surface area contributed by atoms with Gasteiger partial charge in [-0.25, -0.2) is 0 Å². The highest BCUT2D eigenvalue weighted by Gasteiger charge is 2.38. The molecule has 0 saturated carbocycles. The Labute approximate surface area is 156 Å². The lowest BCUT2D eigenvalue weighted by molar-refractivity contribution is -0.122. The van der Waals surface area contributed by atoms with E-state index in [-0.39, 0.29) is 28.7 Å². The van der Waals surface area contributed by atoms with Gasteiger partial charge in [0, 0.05) is 17.2 Å². The van der Waals surface area contributed by atoms with Crippen molar-refractivity contribution in [3.63, 3.8) is 0 Å². The first-order valence-corrected chi connectivity index (χ1v) is 7.58. The van der Waals surface area contributed by atoms with Crippen LogP contribution in [0.25, 0.3) is 0 Å². The molecule has 0 aromatic heterocycles. The van der Waals surface area contributed by atoms with E-state index >= 15 is 0 Å². The third kappa shape index (κ3) is 2.91. The normalized spacial score (nSPS) is 11.8. The number of hydrogen-bond acceptors (Lipinski definition) is 9. The molecule has 3 rings (SSSR count). The Hall–Kier alpha value is -3.92. The quantitative estimate of drug-likeness (QED) is 0.155. The number of aliphatic hydroxyl groups is 1. The Morgan fingerprint density at radius 3 is 2.04 bits per heavy atom. The average molecular weight is 390 g/mol. The van der Waals surface area contributed by atoms with E-state index in [2.05, 4.69) is 0 Å². The van der Waals surface area contributed by atoms with E-state index in [4.69, 9.17) is 15.0 Å². The largest absolute Gasteiger partial charge is 0.507 e. The molecule has 1 aliphatic rings.